The van der Waals surface area contributed by atoms with E-state index in [1.165, 1.54) is 16.4 Å². The highest BCUT2D eigenvalue weighted by atomic mass is 16.4. The Bertz CT molecular complexity index is 1030. The van der Waals surface area contributed by atoms with Gasteiger partial charge in [0.2, 0.25) is 0 Å². The minimum atomic E-state index is -0.994. The molecule has 2 N–H and O–H groups in total. The summed E-state index contributed by atoms with van der Waals surface area (Å²) in [7, 11) is 0. The van der Waals surface area contributed by atoms with Crippen molar-refractivity contribution < 1.29 is 14.7 Å². The molecule has 0 spiro atoms. The molecule has 1 aromatic carbocycles. The van der Waals surface area contributed by atoms with Crippen molar-refractivity contribution in [2.75, 3.05) is 5.32 Å². The summed E-state index contributed by atoms with van der Waals surface area (Å²) in [6.07, 6.45) is 5.32. The van der Waals surface area contributed by atoms with E-state index in [2.05, 4.69) is 15.5 Å². The van der Waals surface area contributed by atoms with E-state index in [1.54, 1.807) is 6.07 Å². The highest BCUT2D eigenvalue weighted by molar-refractivity contribution is 6.03. The number of anilines is 1. The van der Waals surface area contributed by atoms with Gasteiger partial charge in [0.1, 0.15) is 6.54 Å². The van der Waals surface area contributed by atoms with Crippen LogP contribution in [0.15, 0.2) is 36.5 Å². The zero-order chi connectivity index (χ0) is 19.7. The number of hydrogen-bond donors (Lipinski definition) is 2. The van der Waals surface area contributed by atoms with E-state index in [-0.39, 0.29) is 12.5 Å². The fraction of sp³-hybridized carbons (Fsp3) is 0.300. The number of carboxylic acids is 1. The molecule has 4 rings (SSSR count). The van der Waals surface area contributed by atoms with E-state index in [1.807, 2.05) is 35.9 Å². The molecule has 8 heteroatoms. The van der Waals surface area contributed by atoms with E-state index in [0.717, 1.165) is 42.6 Å². The molecule has 1 aliphatic carbocycles. The van der Waals surface area contributed by atoms with Gasteiger partial charge in [0.15, 0.2) is 11.5 Å². The summed E-state index contributed by atoms with van der Waals surface area (Å²) in [5, 5.41) is 20.3. The van der Waals surface area contributed by atoms with Crippen molar-refractivity contribution in [3.63, 3.8) is 0 Å². The quantitative estimate of drug-likeness (QED) is 0.709. The molecule has 0 aliphatic heterocycles. The Labute approximate surface area is 161 Å². The summed E-state index contributed by atoms with van der Waals surface area (Å²) < 4.78 is 3.13. The third-order valence-corrected chi connectivity index (χ3v) is 4.85. The van der Waals surface area contributed by atoms with Crippen LogP contribution in [0.5, 0.6) is 0 Å². The van der Waals surface area contributed by atoms with Crippen molar-refractivity contribution in [2.24, 2.45) is 0 Å². The Hall–Kier alpha value is -3.42. The molecule has 0 bridgehead atoms. The van der Waals surface area contributed by atoms with Crippen LogP contribution < -0.4 is 5.32 Å². The first-order valence-electron chi connectivity index (χ1n) is 9.25. The second-order valence-electron chi connectivity index (χ2n) is 6.97. The lowest BCUT2D eigenvalue weighted by molar-refractivity contribution is -0.137. The van der Waals surface area contributed by atoms with Crippen molar-refractivity contribution in [3.8, 4) is 5.69 Å². The molecule has 0 atom stereocenters. The van der Waals surface area contributed by atoms with Gasteiger partial charge in [-0.25, -0.2) is 4.68 Å². The van der Waals surface area contributed by atoms with E-state index in [4.69, 9.17) is 5.11 Å². The van der Waals surface area contributed by atoms with Crippen LogP contribution in [-0.4, -0.2) is 36.5 Å². The first-order valence-corrected chi connectivity index (χ1v) is 9.25. The lowest BCUT2D eigenvalue weighted by Gasteiger charge is -2.14. The Morgan fingerprint density at radius 3 is 2.61 bits per heavy atom. The number of benzene rings is 1. The number of aromatic nitrogens is 4. The van der Waals surface area contributed by atoms with Crippen LogP contribution in [0.3, 0.4) is 0 Å². The largest absolute Gasteiger partial charge is 0.480 e. The molecule has 0 saturated carbocycles. The Balaban J connectivity index is 1.63. The third-order valence-electron chi connectivity index (χ3n) is 4.85. The maximum Gasteiger partial charge on any atom is 0.325 e. The molecule has 2 heterocycles. The number of fused-ring (bicyclic) bond motifs is 1. The van der Waals surface area contributed by atoms with Crippen molar-refractivity contribution in [1.82, 2.24) is 19.6 Å². The van der Waals surface area contributed by atoms with Crippen molar-refractivity contribution in [1.29, 1.82) is 0 Å². The lowest BCUT2D eigenvalue weighted by atomic mass is 9.95. The predicted molar refractivity (Wildman–Crippen MR) is 103 cm³/mol. The van der Waals surface area contributed by atoms with Gasteiger partial charge in [-0.3, -0.25) is 14.3 Å². The zero-order valence-corrected chi connectivity index (χ0v) is 15.6. The van der Waals surface area contributed by atoms with Crippen molar-refractivity contribution in [2.45, 2.75) is 39.2 Å². The van der Waals surface area contributed by atoms with Gasteiger partial charge < -0.3 is 10.4 Å². The number of hydrogen-bond acceptors (Lipinski definition) is 4. The number of nitrogens with one attached hydrogen (secondary N) is 1. The van der Waals surface area contributed by atoms with Gasteiger partial charge in [-0.05, 0) is 44.7 Å². The summed E-state index contributed by atoms with van der Waals surface area (Å²) in [5.41, 5.74) is 4.57. The number of carbonyl (C=O) groups excluding carboxylic acids is 1. The molecule has 28 heavy (non-hydrogen) atoms. The fourth-order valence-corrected chi connectivity index (χ4v) is 3.51. The molecule has 0 radical (unpaired) electrons. The monoisotopic (exact) mass is 379 g/mol. The molecular formula is C20H21N5O3. The Morgan fingerprint density at radius 2 is 1.86 bits per heavy atom. The van der Waals surface area contributed by atoms with Crippen LogP contribution >= 0.6 is 0 Å². The minimum Gasteiger partial charge on any atom is -0.480 e. The minimum absolute atomic E-state index is 0.257. The topological polar surface area (TPSA) is 102 Å². The number of carboxylic acid groups (broad SMARTS) is 1. The first-order chi connectivity index (χ1) is 13.5. The van der Waals surface area contributed by atoms with Gasteiger partial charge >= 0.3 is 5.97 Å². The summed E-state index contributed by atoms with van der Waals surface area (Å²) in [4.78, 5) is 23.6. The number of aryl methyl sites for hydroxylation is 1. The van der Waals surface area contributed by atoms with Crippen LogP contribution in [0.25, 0.3) is 5.69 Å². The molecule has 8 nitrogen and oxygen atoms in total. The number of aliphatic carboxylic acids is 1. The van der Waals surface area contributed by atoms with Gasteiger partial charge in [-0.1, -0.05) is 17.7 Å². The van der Waals surface area contributed by atoms with E-state index >= 15 is 0 Å². The molecule has 2 aromatic heterocycles. The SMILES string of the molecule is Cc1ccc(-n2nc(C(=O)Nc3ccn(CC(=O)O)n3)c3c2CCCC3)cc1. The molecular weight excluding hydrogens is 358 g/mol. The summed E-state index contributed by atoms with van der Waals surface area (Å²) in [5.74, 6) is -1.02. The smallest absolute Gasteiger partial charge is 0.325 e. The molecule has 1 amide bonds. The van der Waals surface area contributed by atoms with Gasteiger partial charge in [0.25, 0.3) is 5.91 Å². The number of amides is 1. The molecule has 0 unspecified atom stereocenters. The summed E-state index contributed by atoms with van der Waals surface area (Å²) >= 11 is 0. The fourth-order valence-electron chi connectivity index (χ4n) is 3.51. The first kappa shape index (κ1) is 18.0. The second kappa shape index (κ2) is 7.30. The average Bonchev–Trinajstić information content (AvgIpc) is 3.26. The summed E-state index contributed by atoms with van der Waals surface area (Å²) in [6.45, 7) is 1.78. The number of rotatable bonds is 5. The second-order valence-corrected chi connectivity index (χ2v) is 6.97. The van der Waals surface area contributed by atoms with Crippen molar-refractivity contribution >= 4 is 17.7 Å². The van der Waals surface area contributed by atoms with Gasteiger partial charge in [-0.15, -0.1) is 0 Å². The molecule has 0 saturated heterocycles. The highest BCUT2D eigenvalue weighted by Crippen LogP contribution is 2.27. The lowest BCUT2D eigenvalue weighted by Crippen LogP contribution is -2.16. The molecule has 144 valence electrons. The maximum atomic E-state index is 12.9. The average molecular weight is 379 g/mol. The van der Waals surface area contributed by atoms with E-state index in [9.17, 15) is 9.59 Å². The number of nitrogens with zero attached hydrogens (tertiary/aromatic N) is 4. The Kier molecular flexibility index (Phi) is 4.68. The summed E-state index contributed by atoms with van der Waals surface area (Å²) in [6, 6.07) is 9.64. The third kappa shape index (κ3) is 3.53. The molecule has 0 fully saturated rings. The van der Waals surface area contributed by atoms with Crippen LogP contribution in [-0.2, 0) is 24.2 Å². The highest BCUT2D eigenvalue weighted by Gasteiger charge is 2.26. The van der Waals surface area contributed by atoms with Crippen LogP contribution in [0.4, 0.5) is 5.82 Å². The van der Waals surface area contributed by atoms with E-state index in [0.29, 0.717) is 11.5 Å². The van der Waals surface area contributed by atoms with Crippen LogP contribution in [0.2, 0.25) is 0 Å². The van der Waals surface area contributed by atoms with Crippen LogP contribution in [0.1, 0.15) is 40.2 Å². The van der Waals surface area contributed by atoms with Gasteiger partial charge in [0, 0.05) is 23.5 Å². The predicted octanol–water partition coefficient (Wildman–Crippen LogP) is 2.59. The normalized spacial score (nSPS) is 13.2. The molecule has 3 aromatic rings. The van der Waals surface area contributed by atoms with Gasteiger partial charge in [0.05, 0.1) is 5.69 Å². The zero-order valence-electron chi connectivity index (χ0n) is 15.6. The Morgan fingerprint density at radius 1 is 1.11 bits per heavy atom. The van der Waals surface area contributed by atoms with Crippen molar-refractivity contribution in [3.05, 3.63) is 59.0 Å². The van der Waals surface area contributed by atoms with E-state index < -0.39 is 5.97 Å². The maximum absolute atomic E-state index is 12.9. The van der Waals surface area contributed by atoms with Gasteiger partial charge in [-0.2, -0.15) is 10.2 Å². The number of carbonyl (C=O) groups is 2. The van der Waals surface area contributed by atoms with Crippen LogP contribution in [0, 0.1) is 6.92 Å². The molecule has 1 aliphatic rings. The standard InChI is InChI=1S/C20H21N5O3/c1-13-6-8-14(9-7-13)25-16-5-3-2-4-15(16)19(23-25)20(28)21-17-10-11-24(22-17)12-18(26)27/h6-11H,2-5,12H2,1H3,(H,26,27)(H,21,22,28).